The van der Waals surface area contributed by atoms with E-state index in [9.17, 15) is 0 Å². The van der Waals surface area contributed by atoms with Gasteiger partial charge >= 0.3 is 0 Å². The van der Waals surface area contributed by atoms with Crippen molar-refractivity contribution in [3.05, 3.63) is 0 Å². The van der Waals surface area contributed by atoms with Gasteiger partial charge in [-0.05, 0) is 39.0 Å². The maximum atomic E-state index is 5.78. The second-order valence-corrected chi connectivity index (χ2v) is 15.2. The third-order valence-electron chi connectivity index (χ3n) is 1.76. The maximum absolute atomic E-state index is 5.78. The molecule has 0 atom stereocenters. The molecule has 0 heterocycles. The largest absolute Gasteiger partial charge is 0.418 e. The van der Waals surface area contributed by atoms with Gasteiger partial charge in [-0.15, -0.1) is 0 Å². The Kier molecular flexibility index (Phi) is 6.20. The Morgan fingerprint density at radius 1 is 0.929 bits per heavy atom. The lowest BCUT2D eigenvalue weighted by atomic mass is 10.3. The minimum absolute atomic E-state index is 0.948. The highest BCUT2D eigenvalue weighted by Crippen LogP contribution is 2.04. The van der Waals surface area contributed by atoms with E-state index in [0.29, 0.717) is 0 Å². The van der Waals surface area contributed by atoms with Gasteiger partial charge in [-0.1, -0.05) is 19.6 Å². The second-order valence-electron chi connectivity index (χ2n) is 5.84. The highest BCUT2D eigenvalue weighted by Gasteiger charge is 2.13. The van der Waals surface area contributed by atoms with Crippen molar-refractivity contribution in [1.29, 1.82) is 0 Å². The zero-order chi connectivity index (χ0) is 11.2. The molecule has 2 nitrogen and oxygen atoms in total. The molecule has 0 aromatic heterocycles. The standard InChI is InChI=1S/C10H27NOSi2/c1-13(2,3)11-9-7-8-10-12-14(4,5)6/h11H,7-10H2,1-6H3. The SMILES string of the molecule is C[Si](C)(C)NCCCCO[Si](C)(C)C. The molecular formula is C10H27NOSi2. The van der Waals surface area contributed by atoms with E-state index in [0.717, 1.165) is 13.2 Å². The quantitative estimate of drug-likeness (QED) is 0.539. The van der Waals surface area contributed by atoms with Crippen molar-refractivity contribution < 1.29 is 4.43 Å². The molecule has 0 aliphatic carbocycles. The summed E-state index contributed by atoms with van der Waals surface area (Å²) >= 11 is 0. The number of hydrogen-bond donors (Lipinski definition) is 1. The molecule has 0 fully saturated rings. The van der Waals surface area contributed by atoms with Gasteiger partial charge in [0.2, 0.25) is 0 Å². The minimum atomic E-state index is -1.27. The zero-order valence-corrected chi connectivity index (χ0v) is 12.7. The summed E-state index contributed by atoms with van der Waals surface area (Å²) < 4.78 is 5.78. The van der Waals surface area contributed by atoms with Crippen molar-refractivity contribution in [3.63, 3.8) is 0 Å². The van der Waals surface area contributed by atoms with Gasteiger partial charge in [0.25, 0.3) is 0 Å². The van der Waals surface area contributed by atoms with E-state index in [1.165, 1.54) is 12.8 Å². The molecule has 0 aromatic carbocycles. The molecule has 0 rings (SSSR count). The Hall–Kier alpha value is 0.354. The average molecular weight is 234 g/mol. The first kappa shape index (κ1) is 14.4. The summed E-state index contributed by atoms with van der Waals surface area (Å²) in [5.74, 6) is 0. The summed E-state index contributed by atoms with van der Waals surface area (Å²) in [6.07, 6.45) is 2.44. The van der Waals surface area contributed by atoms with E-state index < -0.39 is 16.6 Å². The van der Waals surface area contributed by atoms with E-state index in [1.807, 2.05) is 0 Å². The van der Waals surface area contributed by atoms with Gasteiger partial charge in [-0.2, -0.15) is 0 Å². The van der Waals surface area contributed by atoms with Crippen LogP contribution in [0.5, 0.6) is 0 Å². The fourth-order valence-electron chi connectivity index (χ4n) is 1.07. The van der Waals surface area contributed by atoms with E-state index in [4.69, 9.17) is 4.43 Å². The van der Waals surface area contributed by atoms with Gasteiger partial charge < -0.3 is 9.41 Å². The molecule has 14 heavy (non-hydrogen) atoms. The molecule has 0 aromatic rings. The summed E-state index contributed by atoms with van der Waals surface area (Å²) in [6, 6.07) is 0. The van der Waals surface area contributed by atoms with Crippen LogP contribution < -0.4 is 4.98 Å². The smallest absolute Gasteiger partial charge is 0.183 e. The lowest BCUT2D eigenvalue weighted by Gasteiger charge is -2.19. The van der Waals surface area contributed by atoms with Crippen LogP contribution in [-0.2, 0) is 4.43 Å². The molecule has 0 saturated carbocycles. The first-order valence-corrected chi connectivity index (χ1v) is 12.5. The molecule has 1 N–H and O–H groups in total. The molecule has 0 saturated heterocycles. The summed E-state index contributed by atoms with van der Waals surface area (Å²) in [6.45, 7) is 15.9. The Morgan fingerprint density at radius 3 is 1.93 bits per heavy atom. The van der Waals surface area contributed by atoms with Gasteiger partial charge in [-0.3, -0.25) is 0 Å². The van der Waals surface area contributed by atoms with Crippen LogP contribution in [0.1, 0.15) is 12.8 Å². The molecule has 4 heteroatoms. The van der Waals surface area contributed by atoms with Crippen LogP contribution in [0.3, 0.4) is 0 Å². The van der Waals surface area contributed by atoms with Gasteiger partial charge in [0.15, 0.2) is 8.32 Å². The molecule has 0 aliphatic heterocycles. The third kappa shape index (κ3) is 12.4. The summed E-state index contributed by atoms with van der Waals surface area (Å²) in [5.41, 5.74) is 0. The zero-order valence-electron chi connectivity index (χ0n) is 10.7. The molecule has 0 radical (unpaired) electrons. The van der Waals surface area contributed by atoms with E-state index in [2.05, 4.69) is 44.3 Å². The van der Waals surface area contributed by atoms with Crippen molar-refractivity contribution >= 4 is 16.6 Å². The number of hydrogen-bond acceptors (Lipinski definition) is 2. The molecule has 0 unspecified atom stereocenters. The van der Waals surface area contributed by atoms with Crippen LogP contribution in [0.2, 0.25) is 39.3 Å². The Balaban J connectivity index is 3.23. The first-order valence-electron chi connectivity index (χ1n) is 5.60. The Bertz CT molecular complexity index is 131. The van der Waals surface area contributed by atoms with Crippen molar-refractivity contribution in [2.24, 2.45) is 0 Å². The summed E-state index contributed by atoms with van der Waals surface area (Å²) in [5, 5.41) is 0. The normalized spacial score (nSPS) is 13.3. The van der Waals surface area contributed by atoms with Crippen molar-refractivity contribution in [1.82, 2.24) is 4.98 Å². The summed E-state index contributed by atoms with van der Waals surface area (Å²) in [4.78, 5) is 3.61. The predicted molar refractivity (Wildman–Crippen MR) is 69.9 cm³/mol. The topological polar surface area (TPSA) is 21.3 Å². The fourth-order valence-corrected chi connectivity index (χ4v) is 2.75. The van der Waals surface area contributed by atoms with Gasteiger partial charge in [0, 0.05) is 6.61 Å². The maximum Gasteiger partial charge on any atom is 0.183 e. The van der Waals surface area contributed by atoms with Crippen LogP contribution in [-0.4, -0.2) is 29.7 Å². The van der Waals surface area contributed by atoms with Crippen LogP contribution in [0, 0.1) is 0 Å². The lowest BCUT2D eigenvalue weighted by Crippen LogP contribution is -2.41. The van der Waals surface area contributed by atoms with Crippen molar-refractivity contribution in [3.8, 4) is 0 Å². The van der Waals surface area contributed by atoms with Crippen LogP contribution in [0.15, 0.2) is 0 Å². The lowest BCUT2D eigenvalue weighted by molar-refractivity contribution is 0.301. The molecule has 0 aliphatic rings. The van der Waals surface area contributed by atoms with Crippen LogP contribution in [0.4, 0.5) is 0 Å². The monoisotopic (exact) mass is 233 g/mol. The molecule has 0 amide bonds. The van der Waals surface area contributed by atoms with E-state index in [-0.39, 0.29) is 0 Å². The van der Waals surface area contributed by atoms with Crippen LogP contribution >= 0.6 is 0 Å². The van der Waals surface area contributed by atoms with Gasteiger partial charge in [0.05, 0.1) is 0 Å². The molecular weight excluding hydrogens is 206 g/mol. The van der Waals surface area contributed by atoms with E-state index in [1.54, 1.807) is 0 Å². The summed E-state index contributed by atoms with van der Waals surface area (Å²) in [7, 11) is -2.30. The predicted octanol–water partition coefficient (Wildman–Crippen LogP) is 3.04. The Labute approximate surface area is 91.7 Å². The second kappa shape index (κ2) is 6.05. The number of unbranched alkanes of at least 4 members (excludes halogenated alkanes) is 1. The number of rotatable bonds is 7. The van der Waals surface area contributed by atoms with Crippen LogP contribution in [0.25, 0.3) is 0 Å². The van der Waals surface area contributed by atoms with Gasteiger partial charge in [0.1, 0.15) is 8.24 Å². The van der Waals surface area contributed by atoms with E-state index >= 15 is 0 Å². The van der Waals surface area contributed by atoms with Crippen molar-refractivity contribution in [2.75, 3.05) is 13.2 Å². The Morgan fingerprint density at radius 2 is 1.50 bits per heavy atom. The molecule has 86 valence electrons. The fraction of sp³-hybridized carbons (Fsp3) is 1.00. The highest BCUT2D eigenvalue weighted by molar-refractivity contribution is 6.73. The van der Waals surface area contributed by atoms with Gasteiger partial charge in [-0.25, -0.2) is 0 Å². The minimum Gasteiger partial charge on any atom is -0.418 e. The first-order chi connectivity index (χ1) is 6.21. The van der Waals surface area contributed by atoms with Crippen molar-refractivity contribution in [2.45, 2.75) is 52.1 Å². The highest BCUT2D eigenvalue weighted by atomic mass is 28.4. The average Bonchev–Trinajstić information content (AvgIpc) is 1.92. The third-order valence-corrected chi connectivity index (χ3v) is 4.14. The molecule has 0 spiro atoms. The molecule has 0 bridgehead atoms. The number of nitrogens with one attached hydrogen (secondary N) is 1.